The van der Waals surface area contributed by atoms with E-state index in [0.29, 0.717) is 13.1 Å². The van der Waals surface area contributed by atoms with Crippen molar-refractivity contribution >= 4 is 11.9 Å². The molecule has 0 radical (unpaired) electrons. The summed E-state index contributed by atoms with van der Waals surface area (Å²) >= 11 is 0. The largest absolute Gasteiger partial charge is 0.478 e. The molecule has 0 aromatic carbocycles. The molecule has 98 valence electrons. The number of furan rings is 1. The minimum Gasteiger partial charge on any atom is -0.478 e. The zero-order valence-electron chi connectivity index (χ0n) is 10.6. The number of likely N-dealkylation sites (tertiary alicyclic amines) is 1. The van der Waals surface area contributed by atoms with Gasteiger partial charge in [0.2, 0.25) is 0 Å². The average molecular weight is 251 g/mol. The van der Waals surface area contributed by atoms with Gasteiger partial charge >= 0.3 is 5.97 Å². The molecule has 2 rings (SSSR count). The molecule has 0 unspecified atom stereocenters. The van der Waals surface area contributed by atoms with Gasteiger partial charge in [0.1, 0.15) is 6.26 Å². The lowest BCUT2D eigenvalue weighted by molar-refractivity contribution is 0.0552. The second-order valence-electron chi connectivity index (χ2n) is 5.50. The Morgan fingerprint density at radius 1 is 1.44 bits per heavy atom. The van der Waals surface area contributed by atoms with Crippen LogP contribution in [-0.2, 0) is 0 Å². The molecule has 0 bridgehead atoms. The minimum absolute atomic E-state index is 0.00891. The molecule has 1 N–H and O–H groups in total. The highest BCUT2D eigenvalue weighted by Gasteiger charge is 2.31. The summed E-state index contributed by atoms with van der Waals surface area (Å²) in [6, 6.07) is 1.28. The molecule has 0 spiro atoms. The Hall–Kier alpha value is -1.78. The summed E-state index contributed by atoms with van der Waals surface area (Å²) < 4.78 is 5.04. The lowest BCUT2D eigenvalue weighted by Gasteiger charge is -2.37. The highest BCUT2D eigenvalue weighted by atomic mass is 16.4. The highest BCUT2D eigenvalue weighted by molar-refractivity contribution is 5.95. The van der Waals surface area contributed by atoms with Crippen LogP contribution in [0.2, 0.25) is 0 Å². The summed E-state index contributed by atoms with van der Waals surface area (Å²) in [6.45, 7) is 5.62. The zero-order valence-corrected chi connectivity index (χ0v) is 10.6. The van der Waals surface area contributed by atoms with Crippen LogP contribution in [-0.4, -0.2) is 35.0 Å². The van der Waals surface area contributed by atoms with Crippen LogP contribution in [0, 0.1) is 5.41 Å². The van der Waals surface area contributed by atoms with E-state index in [9.17, 15) is 9.59 Å². The van der Waals surface area contributed by atoms with E-state index in [-0.39, 0.29) is 22.6 Å². The lowest BCUT2D eigenvalue weighted by Crippen LogP contribution is -2.43. The van der Waals surface area contributed by atoms with Crippen LogP contribution < -0.4 is 0 Å². The van der Waals surface area contributed by atoms with Gasteiger partial charge in [-0.15, -0.1) is 0 Å². The molecule has 1 aliphatic heterocycles. The number of nitrogens with zero attached hydrogens (tertiary/aromatic N) is 1. The Bertz CT molecular complexity index is 475. The summed E-state index contributed by atoms with van der Waals surface area (Å²) in [5.41, 5.74) is 0.116. The molecule has 1 aromatic rings. The van der Waals surface area contributed by atoms with Crippen molar-refractivity contribution in [2.24, 2.45) is 5.41 Å². The molecule has 5 nitrogen and oxygen atoms in total. The Kier molecular flexibility index (Phi) is 3.15. The molecule has 1 saturated heterocycles. The van der Waals surface area contributed by atoms with Crippen LogP contribution in [0.5, 0.6) is 0 Å². The van der Waals surface area contributed by atoms with Crippen LogP contribution in [0.4, 0.5) is 0 Å². The van der Waals surface area contributed by atoms with E-state index in [1.54, 1.807) is 4.90 Å². The van der Waals surface area contributed by atoms with Gasteiger partial charge in [0.05, 0.1) is 5.56 Å². The summed E-state index contributed by atoms with van der Waals surface area (Å²) in [5.74, 6) is -1.21. The van der Waals surface area contributed by atoms with Crippen molar-refractivity contribution in [2.45, 2.75) is 26.7 Å². The summed E-state index contributed by atoms with van der Waals surface area (Å²) in [5, 5.41) is 8.79. The number of aromatic carboxylic acids is 1. The maximum atomic E-state index is 12.2. The predicted molar refractivity (Wildman–Crippen MR) is 64.6 cm³/mol. The van der Waals surface area contributed by atoms with Gasteiger partial charge in [-0.2, -0.15) is 0 Å². The fourth-order valence-corrected chi connectivity index (χ4v) is 2.31. The van der Waals surface area contributed by atoms with Crippen molar-refractivity contribution in [1.82, 2.24) is 4.90 Å². The molecule has 1 aromatic heterocycles. The molecule has 5 heteroatoms. The Labute approximate surface area is 105 Å². The fourth-order valence-electron chi connectivity index (χ4n) is 2.31. The van der Waals surface area contributed by atoms with Gasteiger partial charge in [-0.05, 0) is 18.3 Å². The van der Waals surface area contributed by atoms with Crippen molar-refractivity contribution in [3.63, 3.8) is 0 Å². The second-order valence-corrected chi connectivity index (χ2v) is 5.50. The van der Waals surface area contributed by atoms with Gasteiger partial charge in [0.25, 0.3) is 5.91 Å². The Balaban J connectivity index is 2.13. The van der Waals surface area contributed by atoms with Gasteiger partial charge in [0, 0.05) is 19.2 Å². The van der Waals surface area contributed by atoms with E-state index in [0.717, 1.165) is 19.1 Å². The normalized spacial score (nSPS) is 18.7. The number of amides is 1. The number of rotatable bonds is 2. The average Bonchev–Trinajstić information content (AvgIpc) is 2.76. The topological polar surface area (TPSA) is 70.8 Å². The summed E-state index contributed by atoms with van der Waals surface area (Å²) in [4.78, 5) is 24.6. The first-order valence-electron chi connectivity index (χ1n) is 6.00. The zero-order chi connectivity index (χ0) is 13.3. The minimum atomic E-state index is -1.09. The second kappa shape index (κ2) is 4.48. The quantitative estimate of drug-likeness (QED) is 0.875. The van der Waals surface area contributed by atoms with Crippen molar-refractivity contribution < 1.29 is 19.1 Å². The maximum Gasteiger partial charge on any atom is 0.338 e. The van der Waals surface area contributed by atoms with Crippen molar-refractivity contribution in [2.75, 3.05) is 13.1 Å². The SMILES string of the molecule is CC1(C)CCCN(C(=O)c2cc(C(=O)O)co2)C1. The number of carbonyl (C=O) groups excluding carboxylic acids is 1. The molecule has 2 heterocycles. The van der Waals surface area contributed by atoms with Crippen LogP contribution >= 0.6 is 0 Å². The van der Waals surface area contributed by atoms with Crippen LogP contribution in [0.3, 0.4) is 0 Å². The molecule has 1 aliphatic rings. The highest BCUT2D eigenvalue weighted by Crippen LogP contribution is 2.29. The third-order valence-corrected chi connectivity index (χ3v) is 3.24. The standard InChI is InChI=1S/C13H17NO4/c1-13(2)4-3-5-14(8-13)11(15)10-6-9(7-18-10)12(16)17/h6-7H,3-5,8H2,1-2H3,(H,16,17). The Morgan fingerprint density at radius 3 is 2.72 bits per heavy atom. The number of hydrogen-bond donors (Lipinski definition) is 1. The van der Waals surface area contributed by atoms with Crippen LogP contribution in [0.25, 0.3) is 0 Å². The summed E-state index contributed by atoms with van der Waals surface area (Å²) in [7, 11) is 0. The van der Waals surface area contributed by atoms with E-state index in [1.807, 2.05) is 0 Å². The van der Waals surface area contributed by atoms with E-state index in [4.69, 9.17) is 9.52 Å². The third-order valence-electron chi connectivity index (χ3n) is 3.24. The molecule has 1 amide bonds. The molecule has 0 saturated carbocycles. The van der Waals surface area contributed by atoms with E-state index in [2.05, 4.69) is 13.8 Å². The van der Waals surface area contributed by atoms with Gasteiger partial charge in [-0.1, -0.05) is 13.8 Å². The molecular formula is C13H17NO4. The predicted octanol–water partition coefficient (Wildman–Crippen LogP) is 2.24. The molecule has 18 heavy (non-hydrogen) atoms. The first-order chi connectivity index (χ1) is 8.39. The fraction of sp³-hybridized carbons (Fsp3) is 0.538. The monoisotopic (exact) mass is 251 g/mol. The maximum absolute atomic E-state index is 12.2. The van der Waals surface area contributed by atoms with Gasteiger partial charge in [-0.3, -0.25) is 4.79 Å². The number of carboxylic acid groups (broad SMARTS) is 1. The first-order valence-corrected chi connectivity index (χ1v) is 6.00. The first kappa shape index (κ1) is 12.7. The van der Waals surface area contributed by atoms with Gasteiger partial charge in [0.15, 0.2) is 5.76 Å². The van der Waals surface area contributed by atoms with E-state index >= 15 is 0 Å². The number of carboxylic acids is 1. The van der Waals surface area contributed by atoms with Crippen molar-refractivity contribution in [3.8, 4) is 0 Å². The van der Waals surface area contributed by atoms with Crippen molar-refractivity contribution in [1.29, 1.82) is 0 Å². The molecule has 0 atom stereocenters. The van der Waals surface area contributed by atoms with Crippen LogP contribution in [0.1, 0.15) is 47.6 Å². The van der Waals surface area contributed by atoms with E-state index in [1.165, 1.54) is 6.07 Å². The third kappa shape index (κ3) is 2.55. The van der Waals surface area contributed by atoms with Crippen molar-refractivity contribution in [3.05, 3.63) is 23.7 Å². The van der Waals surface area contributed by atoms with Crippen LogP contribution in [0.15, 0.2) is 16.7 Å². The Morgan fingerprint density at radius 2 is 2.17 bits per heavy atom. The molecule has 1 fully saturated rings. The summed E-state index contributed by atoms with van der Waals surface area (Å²) in [6.07, 6.45) is 3.16. The molecular weight excluding hydrogens is 234 g/mol. The number of piperidine rings is 1. The smallest absolute Gasteiger partial charge is 0.338 e. The molecule has 0 aliphatic carbocycles. The van der Waals surface area contributed by atoms with Gasteiger partial charge < -0.3 is 14.4 Å². The van der Waals surface area contributed by atoms with Gasteiger partial charge in [-0.25, -0.2) is 4.79 Å². The number of hydrogen-bond acceptors (Lipinski definition) is 3. The number of carbonyl (C=O) groups is 2. The van der Waals surface area contributed by atoms with E-state index < -0.39 is 5.97 Å². The lowest BCUT2D eigenvalue weighted by atomic mass is 9.84.